The minimum absolute atomic E-state index is 0.105. The fraction of sp³-hybridized carbons (Fsp3) is 0.261. The molecule has 2 amide bonds. The van der Waals surface area contributed by atoms with Gasteiger partial charge in [-0.15, -0.1) is 0 Å². The fourth-order valence-electron chi connectivity index (χ4n) is 3.57. The lowest BCUT2D eigenvalue weighted by molar-refractivity contribution is 0.0532. The molecule has 1 fully saturated rings. The standard InChI is InChI=1S/C23H23ClN4O2/c1-15-7-8-17(13-16(15)2)20-14-21(26-25-20)23(30)28-11-9-27(10-12-28)22(29)18-5-3-4-6-19(18)24/h3-8,13-14H,9-12H2,1-2H3,(H,25,26). The van der Waals surface area contributed by atoms with Crippen LogP contribution in [0.15, 0.2) is 48.5 Å². The molecule has 1 aliphatic rings. The molecular weight excluding hydrogens is 400 g/mol. The van der Waals surface area contributed by atoms with Crippen LogP contribution in [0.1, 0.15) is 32.0 Å². The van der Waals surface area contributed by atoms with E-state index >= 15 is 0 Å². The Morgan fingerprint density at radius 3 is 2.23 bits per heavy atom. The Bertz CT molecular complexity index is 1100. The predicted octanol–water partition coefficient (Wildman–Crippen LogP) is 3.95. The number of hydrogen-bond donors (Lipinski definition) is 1. The van der Waals surface area contributed by atoms with Gasteiger partial charge in [0.1, 0.15) is 5.69 Å². The molecule has 7 heteroatoms. The van der Waals surface area contributed by atoms with E-state index in [0.717, 1.165) is 11.3 Å². The summed E-state index contributed by atoms with van der Waals surface area (Å²) in [5, 5.41) is 7.62. The third kappa shape index (κ3) is 3.96. The lowest BCUT2D eigenvalue weighted by Crippen LogP contribution is -2.50. The molecule has 30 heavy (non-hydrogen) atoms. The first-order chi connectivity index (χ1) is 14.4. The summed E-state index contributed by atoms with van der Waals surface area (Å²) in [4.78, 5) is 29.1. The highest BCUT2D eigenvalue weighted by atomic mass is 35.5. The van der Waals surface area contributed by atoms with Crippen LogP contribution in [0, 0.1) is 13.8 Å². The van der Waals surface area contributed by atoms with Crippen LogP contribution in [0.5, 0.6) is 0 Å². The van der Waals surface area contributed by atoms with E-state index in [-0.39, 0.29) is 11.8 Å². The van der Waals surface area contributed by atoms with Gasteiger partial charge in [0.15, 0.2) is 0 Å². The third-order valence-electron chi connectivity index (χ3n) is 5.57. The molecule has 1 N–H and O–H groups in total. The molecule has 154 valence electrons. The number of aromatic amines is 1. The van der Waals surface area contributed by atoms with Crippen LogP contribution in [-0.4, -0.2) is 58.0 Å². The highest BCUT2D eigenvalue weighted by Crippen LogP contribution is 2.22. The molecule has 1 aromatic heterocycles. The molecule has 6 nitrogen and oxygen atoms in total. The fourth-order valence-corrected chi connectivity index (χ4v) is 3.78. The van der Waals surface area contributed by atoms with Crippen molar-refractivity contribution in [1.82, 2.24) is 20.0 Å². The van der Waals surface area contributed by atoms with E-state index in [1.54, 1.807) is 40.1 Å². The van der Waals surface area contributed by atoms with Crippen LogP contribution in [0.2, 0.25) is 5.02 Å². The van der Waals surface area contributed by atoms with Gasteiger partial charge in [0.25, 0.3) is 11.8 Å². The summed E-state index contributed by atoms with van der Waals surface area (Å²) in [6.07, 6.45) is 0. The summed E-state index contributed by atoms with van der Waals surface area (Å²) < 4.78 is 0. The Morgan fingerprint density at radius 1 is 0.900 bits per heavy atom. The summed E-state index contributed by atoms with van der Waals surface area (Å²) in [6, 6.07) is 14.9. The Hall–Kier alpha value is -3.12. The highest BCUT2D eigenvalue weighted by Gasteiger charge is 2.27. The number of benzene rings is 2. The average Bonchev–Trinajstić information content (AvgIpc) is 3.25. The number of aryl methyl sites for hydroxylation is 2. The molecule has 0 aliphatic carbocycles. The zero-order chi connectivity index (χ0) is 21.3. The second-order valence-electron chi connectivity index (χ2n) is 7.53. The second kappa shape index (κ2) is 8.32. The Balaban J connectivity index is 1.41. The van der Waals surface area contributed by atoms with Crippen molar-refractivity contribution in [3.63, 3.8) is 0 Å². The number of carbonyl (C=O) groups is 2. The maximum absolute atomic E-state index is 12.9. The monoisotopic (exact) mass is 422 g/mol. The van der Waals surface area contributed by atoms with Crippen molar-refractivity contribution in [2.75, 3.05) is 26.2 Å². The number of halogens is 1. The molecule has 2 aromatic carbocycles. The zero-order valence-corrected chi connectivity index (χ0v) is 17.7. The van der Waals surface area contributed by atoms with E-state index in [1.807, 2.05) is 6.07 Å². The van der Waals surface area contributed by atoms with E-state index in [4.69, 9.17) is 11.6 Å². The van der Waals surface area contributed by atoms with Gasteiger partial charge in [0.05, 0.1) is 16.3 Å². The lowest BCUT2D eigenvalue weighted by atomic mass is 10.0. The molecule has 0 unspecified atom stereocenters. The van der Waals surface area contributed by atoms with Gasteiger partial charge in [-0.25, -0.2) is 0 Å². The van der Waals surface area contributed by atoms with Crippen LogP contribution in [0.4, 0.5) is 0 Å². The normalized spacial score (nSPS) is 14.1. The summed E-state index contributed by atoms with van der Waals surface area (Å²) in [5.41, 5.74) is 5.06. The maximum atomic E-state index is 12.9. The van der Waals surface area contributed by atoms with Crippen LogP contribution < -0.4 is 0 Å². The first-order valence-electron chi connectivity index (χ1n) is 9.90. The van der Waals surface area contributed by atoms with E-state index in [0.29, 0.717) is 42.5 Å². The molecule has 0 atom stereocenters. The van der Waals surface area contributed by atoms with Crippen molar-refractivity contribution in [3.05, 3.63) is 75.9 Å². The third-order valence-corrected chi connectivity index (χ3v) is 5.90. The van der Waals surface area contributed by atoms with Crippen LogP contribution >= 0.6 is 11.6 Å². The van der Waals surface area contributed by atoms with Gasteiger partial charge in [0.2, 0.25) is 0 Å². The number of amides is 2. The summed E-state index contributed by atoms with van der Waals surface area (Å²) >= 11 is 6.15. The van der Waals surface area contributed by atoms with Gasteiger partial charge in [-0.2, -0.15) is 5.10 Å². The van der Waals surface area contributed by atoms with Crippen molar-refractivity contribution in [2.24, 2.45) is 0 Å². The molecular formula is C23H23ClN4O2. The van der Waals surface area contributed by atoms with Crippen LogP contribution in [-0.2, 0) is 0 Å². The number of hydrogen-bond acceptors (Lipinski definition) is 3. The smallest absolute Gasteiger partial charge is 0.272 e. The Labute approximate surface area is 180 Å². The number of nitrogens with one attached hydrogen (secondary N) is 1. The van der Waals surface area contributed by atoms with E-state index in [1.165, 1.54) is 11.1 Å². The second-order valence-corrected chi connectivity index (χ2v) is 7.94. The largest absolute Gasteiger partial charge is 0.335 e. The topological polar surface area (TPSA) is 69.3 Å². The molecule has 0 radical (unpaired) electrons. The quantitative estimate of drug-likeness (QED) is 0.694. The van der Waals surface area contributed by atoms with Crippen molar-refractivity contribution in [1.29, 1.82) is 0 Å². The number of H-pyrrole nitrogens is 1. The summed E-state index contributed by atoms with van der Waals surface area (Å²) in [5.74, 6) is -0.214. The Kier molecular flexibility index (Phi) is 5.59. The van der Waals surface area contributed by atoms with Gasteiger partial charge in [-0.1, -0.05) is 35.9 Å². The molecule has 2 heterocycles. The predicted molar refractivity (Wildman–Crippen MR) is 117 cm³/mol. The molecule has 0 spiro atoms. The molecule has 1 aliphatic heterocycles. The van der Waals surface area contributed by atoms with E-state index < -0.39 is 0 Å². The number of piperazine rings is 1. The van der Waals surface area contributed by atoms with Gasteiger partial charge in [-0.3, -0.25) is 14.7 Å². The average molecular weight is 423 g/mol. The summed E-state index contributed by atoms with van der Waals surface area (Å²) in [7, 11) is 0. The SMILES string of the molecule is Cc1ccc(-c2cc(C(=O)N3CCN(C(=O)c4ccccc4Cl)CC3)[nH]n2)cc1C. The van der Waals surface area contributed by atoms with Gasteiger partial charge >= 0.3 is 0 Å². The highest BCUT2D eigenvalue weighted by molar-refractivity contribution is 6.33. The molecule has 1 saturated heterocycles. The molecule has 3 aromatic rings. The van der Waals surface area contributed by atoms with Crippen molar-refractivity contribution in [3.8, 4) is 11.3 Å². The number of aromatic nitrogens is 2. The minimum atomic E-state index is -0.109. The first-order valence-corrected chi connectivity index (χ1v) is 10.3. The van der Waals surface area contributed by atoms with Crippen LogP contribution in [0.25, 0.3) is 11.3 Å². The van der Waals surface area contributed by atoms with Crippen molar-refractivity contribution >= 4 is 23.4 Å². The number of carbonyl (C=O) groups excluding carboxylic acids is 2. The van der Waals surface area contributed by atoms with E-state index in [2.05, 4.69) is 36.2 Å². The molecule has 0 bridgehead atoms. The zero-order valence-electron chi connectivity index (χ0n) is 17.0. The first kappa shape index (κ1) is 20.2. The lowest BCUT2D eigenvalue weighted by Gasteiger charge is -2.34. The number of nitrogens with zero attached hydrogens (tertiary/aromatic N) is 3. The minimum Gasteiger partial charge on any atom is -0.335 e. The van der Waals surface area contributed by atoms with Gasteiger partial charge in [-0.05, 0) is 49.2 Å². The molecule has 4 rings (SSSR count). The van der Waals surface area contributed by atoms with Crippen molar-refractivity contribution < 1.29 is 9.59 Å². The molecule has 0 saturated carbocycles. The van der Waals surface area contributed by atoms with Crippen LogP contribution in [0.3, 0.4) is 0 Å². The van der Waals surface area contributed by atoms with Gasteiger partial charge < -0.3 is 9.80 Å². The summed E-state index contributed by atoms with van der Waals surface area (Å²) in [6.45, 7) is 5.98. The van der Waals surface area contributed by atoms with Crippen molar-refractivity contribution in [2.45, 2.75) is 13.8 Å². The van der Waals surface area contributed by atoms with E-state index in [9.17, 15) is 9.59 Å². The van der Waals surface area contributed by atoms with Gasteiger partial charge in [0, 0.05) is 31.7 Å². The maximum Gasteiger partial charge on any atom is 0.272 e. The number of rotatable bonds is 3. The Morgan fingerprint density at radius 2 is 1.57 bits per heavy atom.